The molecule has 0 aliphatic carbocycles. The Hall–Kier alpha value is -1.68. The quantitative estimate of drug-likeness (QED) is 0.747. The molecule has 0 bridgehead atoms. The number of nitrogens with zero attached hydrogens (tertiary/aromatic N) is 2. The van der Waals surface area contributed by atoms with Crippen LogP contribution in [0, 0.1) is 0 Å². The molecule has 0 fully saturated rings. The molecule has 0 atom stereocenters. The molecule has 0 amide bonds. The van der Waals surface area contributed by atoms with Crippen molar-refractivity contribution in [1.82, 2.24) is 9.97 Å². The van der Waals surface area contributed by atoms with Crippen molar-refractivity contribution in [2.24, 2.45) is 0 Å². The van der Waals surface area contributed by atoms with Crippen LogP contribution in [0.2, 0.25) is 0 Å². The molecule has 0 aliphatic heterocycles. The molecule has 4 nitrogen and oxygen atoms in total. The Morgan fingerprint density at radius 3 is 3.00 bits per heavy atom. The van der Waals surface area contributed by atoms with E-state index in [0.29, 0.717) is 17.3 Å². The molecule has 2 aromatic heterocycles. The summed E-state index contributed by atoms with van der Waals surface area (Å²) >= 11 is 0. The van der Waals surface area contributed by atoms with Gasteiger partial charge in [0, 0.05) is 6.20 Å². The van der Waals surface area contributed by atoms with Gasteiger partial charge in [-0.2, -0.15) is 0 Å². The van der Waals surface area contributed by atoms with Gasteiger partial charge in [0.1, 0.15) is 0 Å². The van der Waals surface area contributed by atoms with E-state index in [0.717, 1.165) is 0 Å². The normalized spacial score (nSPS) is 10.2. The maximum absolute atomic E-state index is 8.84. The van der Waals surface area contributed by atoms with Gasteiger partial charge in [-0.3, -0.25) is 0 Å². The zero-order valence-electron chi connectivity index (χ0n) is 6.84. The molecule has 4 heteroatoms. The van der Waals surface area contributed by atoms with Crippen LogP contribution in [0.5, 0.6) is 0 Å². The molecule has 1 N–H and O–H groups in total. The molecule has 0 saturated heterocycles. The summed E-state index contributed by atoms with van der Waals surface area (Å²) in [5.74, 6) is 1.10. The lowest BCUT2D eigenvalue weighted by Crippen LogP contribution is -1.93. The fraction of sp³-hybridized carbons (Fsp3) is 0.111. The molecule has 0 aromatic carbocycles. The van der Waals surface area contributed by atoms with E-state index >= 15 is 0 Å². The van der Waals surface area contributed by atoms with Crippen molar-refractivity contribution in [2.75, 3.05) is 0 Å². The second kappa shape index (κ2) is 3.37. The Balaban J connectivity index is 2.41. The molecule has 2 heterocycles. The minimum Gasteiger partial charge on any atom is -0.461 e. The van der Waals surface area contributed by atoms with Crippen molar-refractivity contribution >= 4 is 0 Å². The van der Waals surface area contributed by atoms with Crippen molar-refractivity contribution in [2.45, 2.75) is 6.61 Å². The molecule has 0 saturated carbocycles. The van der Waals surface area contributed by atoms with Crippen LogP contribution in [0.1, 0.15) is 5.69 Å². The van der Waals surface area contributed by atoms with E-state index in [4.69, 9.17) is 9.52 Å². The van der Waals surface area contributed by atoms with Crippen LogP contribution in [-0.4, -0.2) is 15.1 Å². The van der Waals surface area contributed by atoms with Gasteiger partial charge in [0.15, 0.2) is 11.6 Å². The molecule has 0 spiro atoms. The summed E-state index contributed by atoms with van der Waals surface area (Å²) in [5, 5.41) is 8.84. The predicted molar refractivity (Wildman–Crippen MR) is 45.7 cm³/mol. The Labute approximate surface area is 74.9 Å². The number of furan rings is 1. The van der Waals surface area contributed by atoms with Gasteiger partial charge in [-0.25, -0.2) is 9.97 Å². The molecule has 2 rings (SSSR count). The first-order valence-electron chi connectivity index (χ1n) is 3.87. The smallest absolute Gasteiger partial charge is 0.195 e. The van der Waals surface area contributed by atoms with E-state index in [-0.39, 0.29) is 6.61 Å². The second-order valence-corrected chi connectivity index (χ2v) is 2.51. The third kappa shape index (κ3) is 1.57. The van der Waals surface area contributed by atoms with Crippen LogP contribution in [0.3, 0.4) is 0 Å². The van der Waals surface area contributed by atoms with Gasteiger partial charge in [0.05, 0.1) is 18.6 Å². The minimum atomic E-state index is -0.0871. The first-order chi connectivity index (χ1) is 6.40. The van der Waals surface area contributed by atoms with E-state index in [2.05, 4.69) is 9.97 Å². The van der Waals surface area contributed by atoms with Crippen LogP contribution in [0.4, 0.5) is 0 Å². The van der Waals surface area contributed by atoms with Gasteiger partial charge in [-0.05, 0) is 18.2 Å². The number of hydrogen-bond acceptors (Lipinski definition) is 4. The molecule has 0 unspecified atom stereocenters. The van der Waals surface area contributed by atoms with E-state index in [1.165, 1.54) is 0 Å². The highest BCUT2D eigenvalue weighted by atomic mass is 16.3. The Bertz CT molecular complexity index is 384. The molecular weight excluding hydrogens is 168 g/mol. The zero-order chi connectivity index (χ0) is 9.10. The summed E-state index contributed by atoms with van der Waals surface area (Å²) in [6.45, 7) is -0.0871. The van der Waals surface area contributed by atoms with E-state index in [1.807, 2.05) is 0 Å². The maximum Gasteiger partial charge on any atom is 0.195 e. The Morgan fingerprint density at radius 1 is 1.38 bits per heavy atom. The Kier molecular flexibility index (Phi) is 2.06. The van der Waals surface area contributed by atoms with Gasteiger partial charge < -0.3 is 9.52 Å². The van der Waals surface area contributed by atoms with Gasteiger partial charge >= 0.3 is 0 Å². The summed E-state index contributed by atoms with van der Waals surface area (Å²) < 4.78 is 5.11. The second-order valence-electron chi connectivity index (χ2n) is 2.51. The molecule has 0 radical (unpaired) electrons. The largest absolute Gasteiger partial charge is 0.461 e. The highest BCUT2D eigenvalue weighted by Crippen LogP contribution is 2.14. The van der Waals surface area contributed by atoms with Crippen LogP contribution in [0.15, 0.2) is 35.1 Å². The number of hydrogen-bond donors (Lipinski definition) is 1. The fourth-order valence-corrected chi connectivity index (χ4v) is 1.01. The van der Waals surface area contributed by atoms with Crippen LogP contribution in [-0.2, 0) is 6.61 Å². The number of aromatic nitrogens is 2. The average Bonchev–Trinajstić information content (AvgIpc) is 2.71. The first-order valence-corrected chi connectivity index (χ1v) is 3.87. The van der Waals surface area contributed by atoms with Crippen LogP contribution >= 0.6 is 0 Å². The standard InChI is InChI=1S/C9H8N2O2/c12-6-7-3-4-10-9(11-7)8-2-1-5-13-8/h1-5,12H,6H2. The van der Waals surface area contributed by atoms with Gasteiger partial charge in [0.25, 0.3) is 0 Å². The predicted octanol–water partition coefficient (Wildman–Crippen LogP) is 1.23. The summed E-state index contributed by atoms with van der Waals surface area (Å²) in [5.41, 5.74) is 0.585. The summed E-state index contributed by atoms with van der Waals surface area (Å²) in [7, 11) is 0. The summed E-state index contributed by atoms with van der Waals surface area (Å²) in [4.78, 5) is 8.09. The summed E-state index contributed by atoms with van der Waals surface area (Å²) in [6.07, 6.45) is 3.15. The van der Waals surface area contributed by atoms with E-state index in [9.17, 15) is 0 Å². The van der Waals surface area contributed by atoms with Gasteiger partial charge in [0.2, 0.25) is 0 Å². The first kappa shape index (κ1) is 7.94. The van der Waals surface area contributed by atoms with Gasteiger partial charge in [-0.15, -0.1) is 0 Å². The van der Waals surface area contributed by atoms with E-state index < -0.39 is 0 Å². The maximum atomic E-state index is 8.84. The molecule has 2 aromatic rings. The highest BCUT2D eigenvalue weighted by molar-refractivity contribution is 5.45. The fourth-order valence-electron chi connectivity index (χ4n) is 1.01. The molecule has 66 valence electrons. The van der Waals surface area contributed by atoms with Crippen LogP contribution in [0.25, 0.3) is 11.6 Å². The van der Waals surface area contributed by atoms with Crippen molar-refractivity contribution in [1.29, 1.82) is 0 Å². The van der Waals surface area contributed by atoms with Crippen molar-refractivity contribution in [3.8, 4) is 11.6 Å². The topological polar surface area (TPSA) is 59.2 Å². The molecule has 0 aliphatic rings. The average molecular weight is 176 g/mol. The lowest BCUT2D eigenvalue weighted by molar-refractivity contribution is 0.276. The molecule has 13 heavy (non-hydrogen) atoms. The highest BCUT2D eigenvalue weighted by Gasteiger charge is 2.03. The number of aliphatic hydroxyl groups is 1. The lowest BCUT2D eigenvalue weighted by atomic mass is 10.4. The molecular formula is C9H8N2O2. The number of rotatable bonds is 2. The zero-order valence-corrected chi connectivity index (χ0v) is 6.84. The monoisotopic (exact) mass is 176 g/mol. The van der Waals surface area contributed by atoms with Gasteiger partial charge in [-0.1, -0.05) is 0 Å². The number of aliphatic hydroxyl groups excluding tert-OH is 1. The summed E-state index contributed by atoms with van der Waals surface area (Å²) in [6, 6.07) is 5.20. The minimum absolute atomic E-state index is 0.0871. The van der Waals surface area contributed by atoms with Crippen LogP contribution < -0.4 is 0 Å². The Morgan fingerprint density at radius 2 is 2.31 bits per heavy atom. The van der Waals surface area contributed by atoms with E-state index in [1.54, 1.807) is 30.7 Å². The van der Waals surface area contributed by atoms with Crippen molar-refractivity contribution in [3.63, 3.8) is 0 Å². The van der Waals surface area contributed by atoms with Crippen molar-refractivity contribution < 1.29 is 9.52 Å². The van der Waals surface area contributed by atoms with Crippen molar-refractivity contribution in [3.05, 3.63) is 36.4 Å². The SMILES string of the molecule is OCc1ccnc(-c2ccco2)n1. The lowest BCUT2D eigenvalue weighted by Gasteiger charge is -1.97. The third-order valence-corrected chi connectivity index (χ3v) is 1.62. The third-order valence-electron chi connectivity index (χ3n) is 1.62.